The molecule has 0 amide bonds. The van der Waals surface area contributed by atoms with Crippen LogP contribution < -0.4 is 19.6 Å². The van der Waals surface area contributed by atoms with Gasteiger partial charge in [-0.15, -0.1) is 5.10 Å². The van der Waals surface area contributed by atoms with Crippen molar-refractivity contribution in [1.82, 2.24) is 14.6 Å². The Morgan fingerprint density at radius 3 is 2.42 bits per heavy atom. The fourth-order valence-corrected chi connectivity index (χ4v) is 4.28. The highest BCUT2D eigenvalue weighted by atomic mass is 32.1. The number of methoxy groups -OCH3 is 1. The van der Waals surface area contributed by atoms with Crippen molar-refractivity contribution < 1.29 is 9.47 Å². The molecule has 0 aliphatic heterocycles. The fraction of sp³-hybridized carbons (Fsp3) is 0.346. The molecule has 4 rings (SSSR count). The van der Waals surface area contributed by atoms with Gasteiger partial charge in [0.15, 0.2) is 17.3 Å². The van der Waals surface area contributed by atoms with Crippen molar-refractivity contribution in [2.75, 3.05) is 13.7 Å². The van der Waals surface area contributed by atoms with E-state index < -0.39 is 0 Å². The summed E-state index contributed by atoms with van der Waals surface area (Å²) in [6, 6.07) is 13.8. The second kappa shape index (κ2) is 8.98. The fourth-order valence-electron chi connectivity index (χ4n) is 3.38. The van der Waals surface area contributed by atoms with E-state index in [1.54, 1.807) is 7.11 Å². The summed E-state index contributed by atoms with van der Waals surface area (Å²) in [7, 11) is 1.61. The minimum absolute atomic E-state index is 0.0782. The van der Waals surface area contributed by atoms with E-state index in [9.17, 15) is 4.79 Å². The summed E-state index contributed by atoms with van der Waals surface area (Å²) in [6.07, 6.45) is 1.83. The van der Waals surface area contributed by atoms with Gasteiger partial charge < -0.3 is 9.47 Å². The van der Waals surface area contributed by atoms with E-state index in [0.29, 0.717) is 39.3 Å². The Balaban J connectivity index is 1.64. The van der Waals surface area contributed by atoms with Crippen molar-refractivity contribution in [1.29, 1.82) is 0 Å². The van der Waals surface area contributed by atoms with Crippen LogP contribution in [0.5, 0.6) is 11.5 Å². The van der Waals surface area contributed by atoms with Crippen molar-refractivity contribution in [3.63, 3.8) is 0 Å². The van der Waals surface area contributed by atoms with Crippen LogP contribution in [0.3, 0.4) is 0 Å². The molecule has 33 heavy (non-hydrogen) atoms. The summed E-state index contributed by atoms with van der Waals surface area (Å²) >= 11 is 1.32. The van der Waals surface area contributed by atoms with Gasteiger partial charge >= 0.3 is 0 Å². The smallest absolute Gasteiger partial charge is 0.291 e. The lowest BCUT2D eigenvalue weighted by Gasteiger charge is -2.18. The lowest BCUT2D eigenvalue weighted by molar-refractivity contribution is 0.257. The third-order valence-corrected chi connectivity index (χ3v) is 6.21. The number of thiazole rings is 1. The van der Waals surface area contributed by atoms with Gasteiger partial charge in [-0.3, -0.25) is 4.79 Å². The van der Waals surface area contributed by atoms with Crippen LogP contribution in [-0.2, 0) is 5.41 Å². The van der Waals surface area contributed by atoms with Gasteiger partial charge in [-0.1, -0.05) is 76.3 Å². The first kappa shape index (κ1) is 23.0. The Hall–Kier alpha value is -3.19. The summed E-state index contributed by atoms with van der Waals surface area (Å²) in [4.78, 5) is 18.1. The van der Waals surface area contributed by atoms with Crippen molar-refractivity contribution in [2.45, 2.75) is 40.0 Å². The molecule has 6 nitrogen and oxygen atoms in total. The Morgan fingerprint density at radius 1 is 1.09 bits per heavy atom. The third kappa shape index (κ3) is 4.93. The Bertz CT molecular complexity index is 1380. The molecule has 0 radical (unpaired) electrons. The van der Waals surface area contributed by atoms with Gasteiger partial charge in [0.2, 0.25) is 4.96 Å². The number of fused-ring (bicyclic) bond motifs is 1. The molecule has 0 aliphatic rings. The second-order valence-corrected chi connectivity index (χ2v) is 10.5. The van der Waals surface area contributed by atoms with Crippen molar-refractivity contribution in [3.8, 4) is 22.9 Å². The van der Waals surface area contributed by atoms with E-state index >= 15 is 0 Å². The van der Waals surface area contributed by atoms with Crippen molar-refractivity contribution in [3.05, 3.63) is 68.5 Å². The average Bonchev–Trinajstić information content (AvgIpc) is 3.31. The third-order valence-electron chi connectivity index (χ3n) is 5.25. The molecular formula is C26H29N3O3S. The molecule has 0 aliphatic carbocycles. The van der Waals surface area contributed by atoms with Crippen molar-refractivity contribution in [2.24, 2.45) is 5.92 Å². The summed E-state index contributed by atoms with van der Waals surface area (Å²) in [6.45, 7) is 11.3. The molecule has 0 spiro atoms. The van der Waals surface area contributed by atoms with Crippen LogP contribution in [0.4, 0.5) is 0 Å². The Kier molecular flexibility index (Phi) is 6.26. The van der Waals surface area contributed by atoms with E-state index in [-0.39, 0.29) is 11.0 Å². The lowest BCUT2D eigenvalue weighted by Crippen LogP contribution is -2.23. The zero-order valence-corrected chi connectivity index (χ0v) is 20.7. The molecule has 0 bridgehead atoms. The number of benzene rings is 2. The molecule has 172 valence electrons. The van der Waals surface area contributed by atoms with Crippen LogP contribution in [0.15, 0.2) is 47.3 Å². The maximum atomic E-state index is 12.9. The normalized spacial score (nSPS) is 12.6. The molecular weight excluding hydrogens is 434 g/mol. The van der Waals surface area contributed by atoms with Crippen LogP contribution in [0, 0.1) is 5.92 Å². The predicted molar refractivity (Wildman–Crippen MR) is 133 cm³/mol. The maximum Gasteiger partial charge on any atom is 0.291 e. The minimum atomic E-state index is -0.181. The maximum absolute atomic E-state index is 12.9. The van der Waals surface area contributed by atoms with E-state index in [1.807, 2.05) is 36.4 Å². The summed E-state index contributed by atoms with van der Waals surface area (Å²) in [5, 5.41) is 4.46. The standard InChI is InChI=1S/C26H29N3O3S/c1-16(2)15-32-20-12-7-17(13-21(20)31-6)14-22-24(30)29-25(33-22)27-23(28-29)18-8-10-19(11-9-18)26(3,4)5/h7-14,16H,15H2,1-6H3/b22-14-. The molecule has 0 saturated carbocycles. The number of rotatable bonds is 6. The Labute approximate surface area is 197 Å². The zero-order chi connectivity index (χ0) is 23.8. The van der Waals surface area contributed by atoms with Crippen molar-refractivity contribution >= 4 is 22.4 Å². The number of aromatic nitrogens is 3. The monoisotopic (exact) mass is 463 g/mol. The van der Waals surface area contributed by atoms with Gasteiger partial charge in [0, 0.05) is 5.56 Å². The highest BCUT2D eigenvalue weighted by molar-refractivity contribution is 7.15. The first-order valence-corrected chi connectivity index (χ1v) is 11.8. The number of hydrogen-bond acceptors (Lipinski definition) is 6. The second-order valence-electron chi connectivity index (χ2n) is 9.49. The van der Waals surface area contributed by atoms with E-state index in [1.165, 1.54) is 21.4 Å². The molecule has 0 fully saturated rings. The molecule has 0 saturated heterocycles. The molecule has 0 N–H and O–H groups in total. The highest BCUT2D eigenvalue weighted by Gasteiger charge is 2.16. The molecule has 2 aromatic carbocycles. The number of ether oxygens (including phenoxy) is 2. The molecule has 7 heteroatoms. The van der Waals surface area contributed by atoms with Gasteiger partial charge in [-0.05, 0) is 40.7 Å². The largest absolute Gasteiger partial charge is 0.493 e. The van der Waals surface area contributed by atoms with Crippen LogP contribution in [-0.4, -0.2) is 28.3 Å². The Morgan fingerprint density at radius 2 is 1.82 bits per heavy atom. The topological polar surface area (TPSA) is 65.7 Å². The first-order chi connectivity index (χ1) is 15.7. The van der Waals surface area contributed by atoms with E-state index in [2.05, 4.69) is 56.8 Å². The average molecular weight is 464 g/mol. The summed E-state index contributed by atoms with van der Waals surface area (Å²) in [5.41, 5.74) is 2.88. The van der Waals surface area contributed by atoms with Gasteiger partial charge in [0.1, 0.15) is 0 Å². The van der Waals surface area contributed by atoms with Crippen LogP contribution in [0.25, 0.3) is 22.4 Å². The molecule has 0 unspecified atom stereocenters. The quantitative estimate of drug-likeness (QED) is 0.414. The number of hydrogen-bond donors (Lipinski definition) is 0. The summed E-state index contributed by atoms with van der Waals surface area (Å²) < 4.78 is 13.2. The van der Waals surface area contributed by atoms with E-state index in [4.69, 9.17) is 9.47 Å². The van der Waals surface area contributed by atoms with Crippen LogP contribution in [0.1, 0.15) is 45.7 Å². The molecule has 0 atom stereocenters. The molecule has 2 heterocycles. The SMILES string of the molecule is COc1cc(/C=c2\sc3nc(-c4ccc(C(C)(C)C)cc4)nn3c2=O)ccc1OCC(C)C. The first-order valence-electron chi connectivity index (χ1n) is 11.0. The van der Waals surface area contributed by atoms with Crippen LogP contribution >= 0.6 is 11.3 Å². The lowest BCUT2D eigenvalue weighted by atomic mass is 9.87. The molecule has 2 aromatic heterocycles. The highest BCUT2D eigenvalue weighted by Crippen LogP contribution is 2.29. The van der Waals surface area contributed by atoms with Gasteiger partial charge in [0.25, 0.3) is 5.56 Å². The van der Waals surface area contributed by atoms with Gasteiger partial charge in [0.05, 0.1) is 18.2 Å². The number of nitrogens with zero attached hydrogens (tertiary/aromatic N) is 3. The van der Waals surface area contributed by atoms with Crippen LogP contribution in [0.2, 0.25) is 0 Å². The summed E-state index contributed by atoms with van der Waals surface area (Å²) in [5.74, 6) is 2.30. The van der Waals surface area contributed by atoms with Gasteiger partial charge in [-0.2, -0.15) is 9.50 Å². The predicted octanol–water partition coefficient (Wildman–Crippen LogP) is 4.71. The van der Waals surface area contributed by atoms with Gasteiger partial charge in [-0.25, -0.2) is 0 Å². The minimum Gasteiger partial charge on any atom is -0.493 e. The zero-order valence-electron chi connectivity index (χ0n) is 19.9. The van der Waals surface area contributed by atoms with E-state index in [0.717, 1.165) is 11.1 Å². The molecule has 4 aromatic rings.